The summed E-state index contributed by atoms with van der Waals surface area (Å²) < 4.78 is 12.9. The summed E-state index contributed by atoms with van der Waals surface area (Å²) >= 11 is 1.44. The standard InChI is InChI=1S/C19H25N5O3S/c1-15-4-2-3-5-16(15)24-18(23-8-12-27-13-9-23)20-21-19(24)28-14-17(25)22-6-10-26-11-7-22/h2-5H,6-14H2,1H3. The van der Waals surface area contributed by atoms with E-state index in [1.54, 1.807) is 0 Å². The molecule has 1 amide bonds. The quantitative estimate of drug-likeness (QED) is 0.698. The highest BCUT2D eigenvalue weighted by atomic mass is 32.2. The molecule has 0 spiro atoms. The number of hydrogen-bond acceptors (Lipinski definition) is 7. The lowest BCUT2D eigenvalue weighted by atomic mass is 10.2. The molecule has 8 nitrogen and oxygen atoms in total. The van der Waals surface area contributed by atoms with Crippen LogP contribution in [0.3, 0.4) is 0 Å². The number of aromatic nitrogens is 3. The first kappa shape index (κ1) is 19.2. The molecule has 9 heteroatoms. The molecule has 0 radical (unpaired) electrons. The molecule has 0 N–H and O–H groups in total. The number of anilines is 1. The van der Waals surface area contributed by atoms with Gasteiger partial charge < -0.3 is 19.3 Å². The van der Waals surface area contributed by atoms with Gasteiger partial charge in [0.05, 0.1) is 37.9 Å². The Kier molecular flexibility index (Phi) is 6.13. The number of carbonyl (C=O) groups is 1. The third-order valence-corrected chi connectivity index (χ3v) is 5.87. The summed E-state index contributed by atoms with van der Waals surface area (Å²) in [4.78, 5) is 16.6. The molecule has 0 aliphatic carbocycles. The van der Waals surface area contributed by atoms with Gasteiger partial charge in [-0.15, -0.1) is 10.2 Å². The predicted octanol–water partition coefficient (Wildman–Crippen LogP) is 1.36. The molecular formula is C19H25N5O3S. The number of para-hydroxylation sites is 1. The first-order valence-electron chi connectivity index (χ1n) is 9.56. The number of benzene rings is 1. The van der Waals surface area contributed by atoms with E-state index in [1.165, 1.54) is 11.8 Å². The van der Waals surface area contributed by atoms with Crippen molar-refractivity contribution in [2.24, 2.45) is 0 Å². The van der Waals surface area contributed by atoms with E-state index < -0.39 is 0 Å². The first-order chi connectivity index (χ1) is 13.7. The lowest BCUT2D eigenvalue weighted by Crippen LogP contribution is -2.41. The van der Waals surface area contributed by atoms with Crippen LogP contribution in [0.2, 0.25) is 0 Å². The van der Waals surface area contributed by atoms with E-state index in [9.17, 15) is 4.79 Å². The zero-order valence-corrected chi connectivity index (χ0v) is 16.9. The second-order valence-electron chi connectivity index (χ2n) is 6.79. The van der Waals surface area contributed by atoms with Crippen molar-refractivity contribution < 1.29 is 14.3 Å². The van der Waals surface area contributed by atoms with Crippen LogP contribution in [0, 0.1) is 6.92 Å². The van der Waals surface area contributed by atoms with Crippen molar-refractivity contribution in [3.63, 3.8) is 0 Å². The van der Waals surface area contributed by atoms with E-state index in [0.29, 0.717) is 45.3 Å². The van der Waals surface area contributed by atoms with Crippen LogP contribution in [0.5, 0.6) is 0 Å². The largest absolute Gasteiger partial charge is 0.378 e. The maximum Gasteiger partial charge on any atom is 0.233 e. The van der Waals surface area contributed by atoms with Crippen LogP contribution in [0.25, 0.3) is 5.69 Å². The molecule has 2 fully saturated rings. The molecular weight excluding hydrogens is 378 g/mol. The van der Waals surface area contributed by atoms with Gasteiger partial charge in [-0.3, -0.25) is 9.36 Å². The number of nitrogens with zero attached hydrogens (tertiary/aromatic N) is 5. The van der Waals surface area contributed by atoms with Gasteiger partial charge in [0.25, 0.3) is 0 Å². The maximum absolute atomic E-state index is 12.6. The normalized spacial score (nSPS) is 17.8. The summed E-state index contributed by atoms with van der Waals surface area (Å²) in [5.74, 6) is 1.26. The van der Waals surface area contributed by atoms with Gasteiger partial charge in [0.1, 0.15) is 0 Å². The van der Waals surface area contributed by atoms with Crippen molar-refractivity contribution in [3.05, 3.63) is 29.8 Å². The molecule has 2 aliphatic rings. The van der Waals surface area contributed by atoms with Crippen molar-refractivity contribution in [1.29, 1.82) is 0 Å². The molecule has 0 saturated carbocycles. The number of hydrogen-bond donors (Lipinski definition) is 0. The predicted molar refractivity (Wildman–Crippen MR) is 107 cm³/mol. The first-order valence-corrected chi connectivity index (χ1v) is 10.5. The second kappa shape index (κ2) is 8.93. The highest BCUT2D eigenvalue weighted by Crippen LogP contribution is 2.29. The van der Waals surface area contributed by atoms with Crippen molar-refractivity contribution in [2.45, 2.75) is 12.1 Å². The number of carbonyl (C=O) groups excluding carboxylic acids is 1. The molecule has 1 aromatic carbocycles. The summed E-state index contributed by atoms with van der Waals surface area (Å²) in [6.07, 6.45) is 0. The van der Waals surface area contributed by atoms with Crippen LogP contribution < -0.4 is 4.90 Å². The van der Waals surface area contributed by atoms with E-state index >= 15 is 0 Å². The Morgan fingerprint density at radius 1 is 1.04 bits per heavy atom. The number of thioether (sulfide) groups is 1. The summed E-state index contributed by atoms with van der Waals surface area (Å²) in [6, 6.07) is 8.17. The number of aryl methyl sites for hydroxylation is 1. The van der Waals surface area contributed by atoms with Gasteiger partial charge in [-0.05, 0) is 18.6 Å². The zero-order chi connectivity index (χ0) is 19.3. The number of rotatable bonds is 5. The Bertz CT molecular complexity index is 816. The minimum Gasteiger partial charge on any atom is -0.378 e. The van der Waals surface area contributed by atoms with Gasteiger partial charge in [0, 0.05) is 26.2 Å². The maximum atomic E-state index is 12.6. The van der Waals surface area contributed by atoms with E-state index in [-0.39, 0.29) is 5.91 Å². The number of morpholine rings is 2. The Hall–Kier alpha value is -2.10. The third-order valence-electron chi connectivity index (χ3n) is 4.96. The van der Waals surface area contributed by atoms with Crippen molar-refractivity contribution >= 4 is 23.6 Å². The molecule has 2 saturated heterocycles. The minimum atomic E-state index is 0.112. The highest BCUT2D eigenvalue weighted by Gasteiger charge is 2.24. The third kappa shape index (κ3) is 4.16. The summed E-state index contributed by atoms with van der Waals surface area (Å²) in [7, 11) is 0. The van der Waals surface area contributed by atoms with E-state index in [0.717, 1.165) is 35.4 Å². The smallest absolute Gasteiger partial charge is 0.233 e. The molecule has 0 atom stereocenters. The molecule has 150 valence electrons. The van der Waals surface area contributed by atoms with Crippen LogP contribution in [0.15, 0.2) is 29.4 Å². The van der Waals surface area contributed by atoms with Gasteiger partial charge in [-0.2, -0.15) is 0 Å². The highest BCUT2D eigenvalue weighted by molar-refractivity contribution is 7.99. The summed E-state index contributed by atoms with van der Waals surface area (Å²) in [5.41, 5.74) is 2.17. The molecule has 28 heavy (non-hydrogen) atoms. The van der Waals surface area contributed by atoms with Crippen LogP contribution in [-0.4, -0.2) is 83.9 Å². The Balaban J connectivity index is 1.58. The molecule has 0 unspecified atom stereocenters. The average molecular weight is 404 g/mol. The van der Waals surface area contributed by atoms with Gasteiger partial charge in [0.15, 0.2) is 5.16 Å². The van der Waals surface area contributed by atoms with Crippen LogP contribution in [-0.2, 0) is 14.3 Å². The van der Waals surface area contributed by atoms with Gasteiger partial charge in [-0.25, -0.2) is 0 Å². The van der Waals surface area contributed by atoms with Crippen molar-refractivity contribution in [3.8, 4) is 5.69 Å². The molecule has 1 aromatic heterocycles. The minimum absolute atomic E-state index is 0.112. The van der Waals surface area contributed by atoms with E-state index in [1.807, 2.05) is 17.0 Å². The number of amides is 1. The fraction of sp³-hybridized carbons (Fsp3) is 0.526. The fourth-order valence-electron chi connectivity index (χ4n) is 3.38. The molecule has 2 aliphatic heterocycles. The Morgan fingerprint density at radius 3 is 2.43 bits per heavy atom. The van der Waals surface area contributed by atoms with Crippen molar-refractivity contribution in [2.75, 3.05) is 63.3 Å². The van der Waals surface area contributed by atoms with Crippen molar-refractivity contribution in [1.82, 2.24) is 19.7 Å². The number of ether oxygens (including phenoxy) is 2. The van der Waals surface area contributed by atoms with Crippen LogP contribution in [0.4, 0.5) is 5.95 Å². The van der Waals surface area contributed by atoms with Gasteiger partial charge >= 0.3 is 0 Å². The fourth-order valence-corrected chi connectivity index (χ4v) is 4.22. The second-order valence-corrected chi connectivity index (χ2v) is 7.73. The Labute approximate surface area is 168 Å². The Morgan fingerprint density at radius 2 is 1.71 bits per heavy atom. The van der Waals surface area contributed by atoms with Crippen LogP contribution >= 0.6 is 11.8 Å². The summed E-state index contributed by atoms with van der Waals surface area (Å²) in [6.45, 7) is 7.52. The lowest BCUT2D eigenvalue weighted by Gasteiger charge is -2.28. The summed E-state index contributed by atoms with van der Waals surface area (Å²) in [5, 5.41) is 9.62. The van der Waals surface area contributed by atoms with E-state index in [4.69, 9.17) is 9.47 Å². The van der Waals surface area contributed by atoms with Crippen LogP contribution in [0.1, 0.15) is 5.56 Å². The SMILES string of the molecule is Cc1ccccc1-n1c(SCC(=O)N2CCOCC2)nnc1N1CCOCC1. The zero-order valence-electron chi connectivity index (χ0n) is 16.0. The van der Waals surface area contributed by atoms with Gasteiger partial charge in [-0.1, -0.05) is 30.0 Å². The van der Waals surface area contributed by atoms with Gasteiger partial charge in [0.2, 0.25) is 11.9 Å². The molecule has 4 rings (SSSR count). The lowest BCUT2D eigenvalue weighted by molar-refractivity contribution is -0.132. The monoisotopic (exact) mass is 403 g/mol. The molecule has 3 heterocycles. The molecule has 2 aromatic rings. The molecule has 0 bridgehead atoms. The average Bonchev–Trinajstić information content (AvgIpc) is 3.17. The topological polar surface area (TPSA) is 72.7 Å². The van der Waals surface area contributed by atoms with E-state index in [2.05, 4.69) is 38.7 Å².